The van der Waals surface area contributed by atoms with Crippen molar-refractivity contribution < 1.29 is 0 Å². The minimum Gasteiger partial charge on any atom is -0.0763 e. The molecule has 0 heterocycles. The predicted octanol–water partition coefficient (Wildman–Crippen LogP) is 5.49. The van der Waals surface area contributed by atoms with Crippen molar-refractivity contribution in [3.63, 3.8) is 0 Å². The van der Waals surface area contributed by atoms with Crippen LogP contribution < -0.4 is 0 Å². The quantitative estimate of drug-likeness (QED) is 0.648. The standard InChI is InChI=1S/C19H22/c1-2-3-12-19(13-6-7-14-19)15-17-11-10-16-8-4-5-9-18(16)17/h4-11,13-14,17H,2-3,12,15H2,1H3. The summed E-state index contributed by atoms with van der Waals surface area (Å²) in [5, 5.41) is 0. The fraction of sp³-hybridized carbons (Fsp3) is 0.368. The Morgan fingerprint density at radius 2 is 1.89 bits per heavy atom. The largest absolute Gasteiger partial charge is 0.0763 e. The number of benzene rings is 1. The summed E-state index contributed by atoms with van der Waals surface area (Å²) in [6.45, 7) is 2.28. The Bertz CT molecular complexity index is 519. The summed E-state index contributed by atoms with van der Waals surface area (Å²) in [6, 6.07) is 8.81. The summed E-state index contributed by atoms with van der Waals surface area (Å²) in [6.07, 6.45) is 19.0. The second kappa shape index (κ2) is 5.21. The highest BCUT2D eigenvalue weighted by molar-refractivity contribution is 5.62. The third kappa shape index (κ3) is 2.45. The van der Waals surface area contributed by atoms with E-state index >= 15 is 0 Å². The van der Waals surface area contributed by atoms with Gasteiger partial charge in [0.2, 0.25) is 0 Å². The molecule has 0 fully saturated rings. The number of fused-ring (bicyclic) bond motifs is 1. The van der Waals surface area contributed by atoms with Crippen LogP contribution in [-0.2, 0) is 0 Å². The third-order valence-corrected chi connectivity index (χ3v) is 4.47. The molecule has 1 atom stereocenters. The van der Waals surface area contributed by atoms with Gasteiger partial charge in [-0.1, -0.05) is 80.5 Å². The van der Waals surface area contributed by atoms with E-state index in [0.717, 1.165) is 0 Å². The Balaban J connectivity index is 1.79. The molecule has 0 heteroatoms. The summed E-state index contributed by atoms with van der Waals surface area (Å²) in [4.78, 5) is 0. The second-order valence-corrected chi connectivity index (χ2v) is 5.85. The molecule has 1 unspecified atom stereocenters. The summed E-state index contributed by atoms with van der Waals surface area (Å²) >= 11 is 0. The molecule has 0 radical (unpaired) electrons. The SMILES string of the molecule is CCCCC1(CC2C=Cc3ccccc32)C=CC=C1. The lowest BCUT2D eigenvalue weighted by atomic mass is 9.75. The lowest BCUT2D eigenvalue weighted by molar-refractivity contribution is 0.388. The summed E-state index contributed by atoms with van der Waals surface area (Å²) in [5.41, 5.74) is 3.21. The normalized spacial score (nSPS) is 22.1. The molecule has 0 aromatic heterocycles. The van der Waals surface area contributed by atoms with Gasteiger partial charge in [0.1, 0.15) is 0 Å². The van der Waals surface area contributed by atoms with E-state index in [4.69, 9.17) is 0 Å². The van der Waals surface area contributed by atoms with E-state index < -0.39 is 0 Å². The second-order valence-electron chi connectivity index (χ2n) is 5.85. The van der Waals surface area contributed by atoms with Crippen molar-refractivity contribution in [3.8, 4) is 0 Å². The van der Waals surface area contributed by atoms with Crippen LogP contribution in [0.5, 0.6) is 0 Å². The molecule has 1 aromatic carbocycles. The van der Waals surface area contributed by atoms with Gasteiger partial charge in [0.25, 0.3) is 0 Å². The van der Waals surface area contributed by atoms with E-state index in [0.29, 0.717) is 11.3 Å². The lowest BCUT2D eigenvalue weighted by Crippen LogP contribution is -2.16. The molecular formula is C19H22. The van der Waals surface area contributed by atoms with Gasteiger partial charge in [-0.25, -0.2) is 0 Å². The highest BCUT2D eigenvalue weighted by atomic mass is 14.3. The minimum absolute atomic E-state index is 0.294. The predicted molar refractivity (Wildman–Crippen MR) is 83.1 cm³/mol. The lowest BCUT2D eigenvalue weighted by Gasteiger charge is -2.28. The molecular weight excluding hydrogens is 228 g/mol. The highest BCUT2D eigenvalue weighted by Crippen LogP contribution is 2.44. The van der Waals surface area contributed by atoms with Crippen LogP contribution in [0.4, 0.5) is 0 Å². The highest BCUT2D eigenvalue weighted by Gasteiger charge is 2.30. The molecule has 2 aliphatic rings. The summed E-state index contributed by atoms with van der Waals surface area (Å²) < 4.78 is 0. The van der Waals surface area contributed by atoms with Crippen molar-refractivity contribution in [1.29, 1.82) is 0 Å². The molecule has 0 bridgehead atoms. The van der Waals surface area contributed by atoms with Crippen molar-refractivity contribution in [2.24, 2.45) is 5.41 Å². The first-order chi connectivity index (χ1) is 9.33. The molecule has 0 N–H and O–H groups in total. The Labute approximate surface area is 116 Å². The van der Waals surface area contributed by atoms with E-state index in [9.17, 15) is 0 Å². The van der Waals surface area contributed by atoms with E-state index in [1.54, 1.807) is 0 Å². The van der Waals surface area contributed by atoms with E-state index in [1.807, 2.05) is 0 Å². The van der Waals surface area contributed by atoms with Crippen LogP contribution in [0.15, 0.2) is 54.6 Å². The zero-order valence-electron chi connectivity index (χ0n) is 11.7. The van der Waals surface area contributed by atoms with Crippen molar-refractivity contribution >= 4 is 6.08 Å². The van der Waals surface area contributed by atoms with E-state index in [2.05, 4.69) is 67.6 Å². The maximum Gasteiger partial charge on any atom is 0.00759 e. The van der Waals surface area contributed by atoms with Gasteiger partial charge in [0, 0.05) is 11.3 Å². The van der Waals surface area contributed by atoms with Gasteiger partial charge in [-0.2, -0.15) is 0 Å². The van der Waals surface area contributed by atoms with Gasteiger partial charge in [0.15, 0.2) is 0 Å². The fourth-order valence-corrected chi connectivity index (χ4v) is 3.37. The monoisotopic (exact) mass is 250 g/mol. The molecule has 1 aromatic rings. The number of hydrogen-bond acceptors (Lipinski definition) is 0. The van der Waals surface area contributed by atoms with Gasteiger partial charge in [-0.05, 0) is 24.0 Å². The topological polar surface area (TPSA) is 0 Å². The van der Waals surface area contributed by atoms with Crippen LogP contribution in [0.3, 0.4) is 0 Å². The molecule has 2 aliphatic carbocycles. The first-order valence-corrected chi connectivity index (χ1v) is 7.47. The van der Waals surface area contributed by atoms with Gasteiger partial charge in [-0.15, -0.1) is 0 Å². The molecule has 0 nitrogen and oxygen atoms in total. The molecule has 98 valence electrons. The molecule has 0 saturated carbocycles. The van der Waals surface area contributed by atoms with Crippen LogP contribution in [0.1, 0.15) is 49.7 Å². The number of rotatable bonds is 5. The van der Waals surface area contributed by atoms with Gasteiger partial charge in [-0.3, -0.25) is 0 Å². The molecule has 0 aliphatic heterocycles. The van der Waals surface area contributed by atoms with Crippen molar-refractivity contribution in [2.75, 3.05) is 0 Å². The van der Waals surface area contributed by atoms with Crippen molar-refractivity contribution in [3.05, 3.63) is 65.8 Å². The maximum atomic E-state index is 2.41. The molecule has 0 spiro atoms. The Morgan fingerprint density at radius 1 is 1.11 bits per heavy atom. The first kappa shape index (κ1) is 12.5. The van der Waals surface area contributed by atoms with Gasteiger partial charge < -0.3 is 0 Å². The maximum absolute atomic E-state index is 2.41. The zero-order chi connectivity index (χ0) is 13.1. The van der Waals surface area contributed by atoms with Crippen molar-refractivity contribution in [1.82, 2.24) is 0 Å². The average molecular weight is 250 g/mol. The van der Waals surface area contributed by atoms with Crippen LogP contribution in [-0.4, -0.2) is 0 Å². The smallest absolute Gasteiger partial charge is 0.00759 e. The molecule has 19 heavy (non-hydrogen) atoms. The van der Waals surface area contributed by atoms with Crippen LogP contribution in [0.25, 0.3) is 6.08 Å². The number of unbranched alkanes of at least 4 members (excludes halogenated alkanes) is 1. The Kier molecular flexibility index (Phi) is 3.42. The van der Waals surface area contributed by atoms with Crippen LogP contribution >= 0.6 is 0 Å². The molecule has 0 amide bonds. The Hall–Kier alpha value is -1.56. The molecule has 3 rings (SSSR count). The van der Waals surface area contributed by atoms with E-state index in [-0.39, 0.29) is 0 Å². The average Bonchev–Trinajstić information content (AvgIpc) is 3.06. The van der Waals surface area contributed by atoms with Crippen molar-refractivity contribution in [2.45, 2.75) is 38.5 Å². The zero-order valence-corrected chi connectivity index (χ0v) is 11.7. The van der Waals surface area contributed by atoms with Gasteiger partial charge >= 0.3 is 0 Å². The fourth-order valence-electron chi connectivity index (χ4n) is 3.37. The molecule has 0 saturated heterocycles. The van der Waals surface area contributed by atoms with E-state index in [1.165, 1.54) is 36.8 Å². The first-order valence-electron chi connectivity index (χ1n) is 7.47. The van der Waals surface area contributed by atoms with Gasteiger partial charge in [0.05, 0.1) is 0 Å². The third-order valence-electron chi connectivity index (χ3n) is 4.47. The summed E-state index contributed by atoms with van der Waals surface area (Å²) in [5.74, 6) is 0.584. The van der Waals surface area contributed by atoms with Crippen LogP contribution in [0.2, 0.25) is 0 Å². The Morgan fingerprint density at radius 3 is 2.68 bits per heavy atom. The summed E-state index contributed by atoms with van der Waals surface area (Å²) in [7, 11) is 0. The van der Waals surface area contributed by atoms with Crippen LogP contribution in [0, 0.1) is 5.41 Å². The number of hydrogen-bond donors (Lipinski definition) is 0. The minimum atomic E-state index is 0.294. The number of allylic oxidation sites excluding steroid dienone is 5.